The van der Waals surface area contributed by atoms with Gasteiger partial charge in [0.2, 0.25) is 0 Å². The monoisotopic (exact) mass is 182 g/mol. The zero-order chi connectivity index (χ0) is 9.10. The number of rotatable bonds is 2. The summed E-state index contributed by atoms with van der Waals surface area (Å²) < 4.78 is 5.38. The lowest BCUT2D eigenvalue weighted by atomic mass is 9.99. The average Bonchev–Trinajstić information content (AvgIpc) is 2.71. The van der Waals surface area contributed by atoms with Gasteiger partial charge >= 0.3 is 0 Å². The van der Waals surface area contributed by atoms with Crippen LogP contribution in [0.2, 0.25) is 0 Å². The Hall–Kier alpha value is -0.940. The molecule has 2 heterocycles. The number of aromatic nitrogens is 3. The molecule has 5 nitrogen and oxygen atoms in total. The summed E-state index contributed by atoms with van der Waals surface area (Å²) in [6.07, 6.45) is 1.76. The number of hydrogen-bond acceptors (Lipinski definition) is 4. The Morgan fingerprint density at radius 3 is 3.23 bits per heavy atom. The zero-order valence-electron chi connectivity index (χ0n) is 7.66. The fourth-order valence-electron chi connectivity index (χ4n) is 1.54. The van der Waals surface area contributed by atoms with E-state index in [0.717, 1.165) is 25.5 Å². The van der Waals surface area contributed by atoms with Gasteiger partial charge in [0.05, 0.1) is 25.1 Å². The van der Waals surface area contributed by atoms with E-state index < -0.39 is 0 Å². The lowest BCUT2D eigenvalue weighted by molar-refractivity contribution is 0.0693. The third kappa shape index (κ3) is 1.87. The van der Waals surface area contributed by atoms with Gasteiger partial charge in [0, 0.05) is 18.5 Å². The molecule has 0 aliphatic carbocycles. The minimum Gasteiger partial charge on any atom is -0.378 e. The number of morpholine rings is 1. The van der Waals surface area contributed by atoms with Gasteiger partial charge < -0.3 is 10.1 Å². The maximum absolute atomic E-state index is 5.38. The zero-order valence-corrected chi connectivity index (χ0v) is 7.66. The maximum atomic E-state index is 5.38. The van der Waals surface area contributed by atoms with Crippen LogP contribution in [0.3, 0.4) is 0 Å². The van der Waals surface area contributed by atoms with Crippen molar-refractivity contribution in [2.75, 3.05) is 19.8 Å². The number of ether oxygens (including phenoxy) is 1. The maximum Gasteiger partial charge on any atom is 0.0869 e. The van der Waals surface area contributed by atoms with E-state index in [-0.39, 0.29) is 0 Å². The van der Waals surface area contributed by atoms with Crippen molar-refractivity contribution < 1.29 is 4.74 Å². The number of hydrogen-bond donors (Lipinski definition) is 2. The van der Waals surface area contributed by atoms with Crippen molar-refractivity contribution in [3.63, 3.8) is 0 Å². The number of H-pyrrole nitrogens is 1. The number of nitrogens with zero attached hydrogens (tertiary/aromatic N) is 2. The van der Waals surface area contributed by atoms with Crippen molar-refractivity contribution >= 4 is 0 Å². The molecule has 1 fully saturated rings. The molecule has 0 aromatic carbocycles. The van der Waals surface area contributed by atoms with Crippen LogP contribution < -0.4 is 5.32 Å². The minimum absolute atomic E-state index is 0.346. The second-order valence-electron chi connectivity index (χ2n) is 3.32. The molecule has 2 unspecified atom stereocenters. The van der Waals surface area contributed by atoms with Crippen molar-refractivity contribution in [1.82, 2.24) is 20.7 Å². The molecule has 2 rings (SSSR count). The smallest absolute Gasteiger partial charge is 0.0869 e. The molecule has 2 atom stereocenters. The van der Waals surface area contributed by atoms with Gasteiger partial charge in [-0.3, -0.25) is 0 Å². The van der Waals surface area contributed by atoms with Gasteiger partial charge in [0.15, 0.2) is 0 Å². The van der Waals surface area contributed by atoms with Gasteiger partial charge in [0.1, 0.15) is 0 Å². The highest BCUT2D eigenvalue weighted by atomic mass is 16.5. The van der Waals surface area contributed by atoms with Crippen LogP contribution in [-0.2, 0) is 4.74 Å². The van der Waals surface area contributed by atoms with E-state index in [0.29, 0.717) is 12.0 Å². The first-order valence-electron chi connectivity index (χ1n) is 4.54. The number of aromatic amines is 1. The van der Waals surface area contributed by atoms with Crippen molar-refractivity contribution in [1.29, 1.82) is 0 Å². The largest absolute Gasteiger partial charge is 0.378 e. The van der Waals surface area contributed by atoms with E-state index in [1.807, 2.05) is 0 Å². The van der Waals surface area contributed by atoms with E-state index in [1.54, 1.807) is 6.20 Å². The molecule has 0 spiro atoms. The third-order valence-electron chi connectivity index (χ3n) is 2.45. The molecule has 1 aliphatic heterocycles. The SMILES string of the molecule is CC(c1cn[nH]n1)C1COCCN1. The summed E-state index contributed by atoms with van der Waals surface area (Å²) in [7, 11) is 0. The topological polar surface area (TPSA) is 62.8 Å². The Balaban J connectivity index is 1.99. The molecule has 1 aromatic rings. The quantitative estimate of drug-likeness (QED) is 0.670. The van der Waals surface area contributed by atoms with Crippen molar-refractivity contribution in [3.05, 3.63) is 11.9 Å². The fourth-order valence-corrected chi connectivity index (χ4v) is 1.54. The second-order valence-corrected chi connectivity index (χ2v) is 3.32. The minimum atomic E-state index is 0.346. The Morgan fingerprint density at radius 2 is 2.62 bits per heavy atom. The van der Waals surface area contributed by atoms with Crippen LogP contribution >= 0.6 is 0 Å². The van der Waals surface area contributed by atoms with Crippen LogP contribution in [0.5, 0.6) is 0 Å². The molecule has 1 aliphatic rings. The van der Waals surface area contributed by atoms with Crippen molar-refractivity contribution in [2.45, 2.75) is 18.9 Å². The van der Waals surface area contributed by atoms with Crippen LogP contribution in [0, 0.1) is 0 Å². The molecule has 13 heavy (non-hydrogen) atoms. The van der Waals surface area contributed by atoms with Crippen LogP contribution in [0.25, 0.3) is 0 Å². The lowest BCUT2D eigenvalue weighted by Crippen LogP contribution is -2.44. The molecule has 0 saturated carbocycles. The molecule has 1 aromatic heterocycles. The van der Waals surface area contributed by atoms with Gasteiger partial charge in [-0.2, -0.15) is 15.4 Å². The summed E-state index contributed by atoms with van der Waals surface area (Å²) in [5.41, 5.74) is 0.989. The summed E-state index contributed by atoms with van der Waals surface area (Å²) in [5.74, 6) is 0.346. The molecule has 72 valence electrons. The van der Waals surface area contributed by atoms with Crippen LogP contribution in [-0.4, -0.2) is 41.2 Å². The Morgan fingerprint density at radius 1 is 1.69 bits per heavy atom. The highest BCUT2D eigenvalue weighted by Crippen LogP contribution is 2.17. The van der Waals surface area contributed by atoms with Gasteiger partial charge in [0.25, 0.3) is 0 Å². The first-order chi connectivity index (χ1) is 6.38. The van der Waals surface area contributed by atoms with Gasteiger partial charge in [-0.1, -0.05) is 6.92 Å². The number of nitrogens with one attached hydrogen (secondary N) is 2. The Kier molecular flexibility index (Phi) is 2.56. The summed E-state index contributed by atoms with van der Waals surface area (Å²) in [6.45, 7) is 4.62. The summed E-state index contributed by atoms with van der Waals surface area (Å²) in [6, 6.07) is 0.360. The van der Waals surface area contributed by atoms with Crippen LogP contribution in [0.15, 0.2) is 6.20 Å². The normalized spacial score (nSPS) is 25.8. The highest BCUT2D eigenvalue weighted by molar-refractivity contribution is 5.04. The van der Waals surface area contributed by atoms with Gasteiger partial charge in [-0.25, -0.2) is 0 Å². The second kappa shape index (κ2) is 3.85. The van der Waals surface area contributed by atoms with Gasteiger partial charge in [-0.15, -0.1) is 0 Å². The molecule has 2 N–H and O–H groups in total. The Bertz CT molecular complexity index is 243. The fraction of sp³-hybridized carbons (Fsp3) is 0.750. The van der Waals surface area contributed by atoms with E-state index in [1.165, 1.54) is 0 Å². The van der Waals surface area contributed by atoms with E-state index in [2.05, 4.69) is 27.7 Å². The predicted octanol–water partition coefficient (Wildman–Crippen LogP) is -0.103. The average molecular weight is 182 g/mol. The van der Waals surface area contributed by atoms with Crippen LogP contribution in [0.1, 0.15) is 18.5 Å². The van der Waals surface area contributed by atoms with Crippen LogP contribution in [0.4, 0.5) is 0 Å². The first kappa shape index (κ1) is 8.65. The van der Waals surface area contributed by atoms with E-state index >= 15 is 0 Å². The molecule has 0 bridgehead atoms. The molecule has 5 heteroatoms. The lowest BCUT2D eigenvalue weighted by Gasteiger charge is -2.27. The van der Waals surface area contributed by atoms with E-state index in [4.69, 9.17) is 4.74 Å². The molecular weight excluding hydrogens is 168 g/mol. The molecule has 1 saturated heterocycles. The summed E-state index contributed by atoms with van der Waals surface area (Å²) in [5, 5.41) is 13.9. The predicted molar refractivity (Wildman–Crippen MR) is 47.4 cm³/mol. The first-order valence-corrected chi connectivity index (χ1v) is 4.54. The Labute approximate surface area is 76.9 Å². The third-order valence-corrected chi connectivity index (χ3v) is 2.45. The van der Waals surface area contributed by atoms with Crippen molar-refractivity contribution in [2.24, 2.45) is 0 Å². The van der Waals surface area contributed by atoms with Crippen molar-refractivity contribution in [3.8, 4) is 0 Å². The molecule has 0 radical (unpaired) electrons. The summed E-state index contributed by atoms with van der Waals surface area (Å²) in [4.78, 5) is 0. The van der Waals surface area contributed by atoms with E-state index in [9.17, 15) is 0 Å². The molecular formula is C8H14N4O. The standard InChI is InChI=1S/C8H14N4O/c1-6(7-4-10-12-11-7)8-5-13-3-2-9-8/h4,6,8-9H,2-3,5H2,1H3,(H,10,11,12). The van der Waals surface area contributed by atoms with Gasteiger partial charge in [-0.05, 0) is 0 Å². The highest BCUT2D eigenvalue weighted by Gasteiger charge is 2.22. The molecule has 0 amide bonds. The summed E-state index contributed by atoms with van der Waals surface area (Å²) >= 11 is 0.